The maximum absolute atomic E-state index is 12.6. The maximum Gasteiger partial charge on any atom is 0.341 e. The van der Waals surface area contributed by atoms with E-state index < -0.39 is 5.97 Å². The molecule has 0 spiro atoms. The SMILES string of the molecule is CC(=O)Nc1sc2c(c1C(=O)OCC(=O)N[C@@H](C)C(C)C)CCCC2. The van der Waals surface area contributed by atoms with E-state index in [1.54, 1.807) is 0 Å². The Labute approximate surface area is 152 Å². The van der Waals surface area contributed by atoms with Crippen LogP contribution in [0, 0.1) is 5.92 Å². The van der Waals surface area contributed by atoms with Crippen molar-refractivity contribution in [2.75, 3.05) is 11.9 Å². The molecule has 138 valence electrons. The first-order chi connectivity index (χ1) is 11.8. The molecule has 1 atom stereocenters. The van der Waals surface area contributed by atoms with E-state index in [0.29, 0.717) is 16.5 Å². The molecule has 1 aromatic rings. The molecule has 7 heteroatoms. The van der Waals surface area contributed by atoms with Crippen molar-refractivity contribution in [3.05, 3.63) is 16.0 Å². The molecule has 1 heterocycles. The summed E-state index contributed by atoms with van der Waals surface area (Å²) in [7, 11) is 0. The monoisotopic (exact) mass is 366 g/mol. The average molecular weight is 366 g/mol. The van der Waals surface area contributed by atoms with Gasteiger partial charge in [-0.2, -0.15) is 0 Å². The Bertz CT molecular complexity index is 666. The van der Waals surface area contributed by atoms with Gasteiger partial charge < -0.3 is 15.4 Å². The molecule has 0 fully saturated rings. The lowest BCUT2D eigenvalue weighted by Gasteiger charge is -2.17. The second kappa shape index (κ2) is 8.47. The summed E-state index contributed by atoms with van der Waals surface area (Å²) < 4.78 is 5.22. The molecule has 2 rings (SSSR count). The number of esters is 1. The van der Waals surface area contributed by atoms with Gasteiger partial charge in [0.1, 0.15) is 5.00 Å². The van der Waals surface area contributed by atoms with Crippen LogP contribution in [-0.4, -0.2) is 30.4 Å². The van der Waals surface area contributed by atoms with Crippen molar-refractivity contribution in [3.63, 3.8) is 0 Å². The van der Waals surface area contributed by atoms with Crippen molar-refractivity contribution >= 4 is 34.1 Å². The van der Waals surface area contributed by atoms with Crippen LogP contribution in [0.15, 0.2) is 0 Å². The molecular weight excluding hydrogens is 340 g/mol. The minimum Gasteiger partial charge on any atom is -0.452 e. The number of fused-ring (bicyclic) bond motifs is 1. The first kappa shape index (κ1) is 19.4. The topological polar surface area (TPSA) is 84.5 Å². The second-order valence-corrected chi connectivity index (χ2v) is 7.88. The van der Waals surface area contributed by atoms with Gasteiger partial charge in [0.15, 0.2) is 6.61 Å². The van der Waals surface area contributed by atoms with E-state index in [1.807, 2.05) is 20.8 Å². The third-order valence-corrected chi connectivity index (χ3v) is 5.60. The third-order valence-electron chi connectivity index (χ3n) is 4.39. The van der Waals surface area contributed by atoms with Crippen molar-refractivity contribution < 1.29 is 19.1 Å². The summed E-state index contributed by atoms with van der Waals surface area (Å²) in [5.41, 5.74) is 1.38. The minimum atomic E-state index is -0.546. The van der Waals surface area contributed by atoms with E-state index in [4.69, 9.17) is 4.74 Å². The number of rotatable bonds is 6. The molecule has 6 nitrogen and oxygen atoms in total. The quantitative estimate of drug-likeness (QED) is 0.758. The smallest absolute Gasteiger partial charge is 0.341 e. The standard InChI is InChI=1S/C18H26N2O4S/c1-10(2)11(3)19-15(22)9-24-18(23)16-13-7-5-6-8-14(13)25-17(16)20-12(4)21/h10-11H,5-9H2,1-4H3,(H,19,22)(H,20,21)/t11-/m0/s1. The molecule has 25 heavy (non-hydrogen) atoms. The molecule has 0 radical (unpaired) electrons. The van der Waals surface area contributed by atoms with E-state index in [1.165, 1.54) is 18.3 Å². The van der Waals surface area contributed by atoms with Crippen LogP contribution in [0.5, 0.6) is 0 Å². The number of carbonyl (C=O) groups excluding carboxylic acids is 3. The van der Waals surface area contributed by atoms with Gasteiger partial charge in [-0.15, -0.1) is 11.3 Å². The van der Waals surface area contributed by atoms with Crippen LogP contribution in [0.1, 0.15) is 61.3 Å². The molecule has 0 aromatic carbocycles. The van der Waals surface area contributed by atoms with E-state index in [0.717, 1.165) is 36.1 Å². The minimum absolute atomic E-state index is 0.00931. The molecule has 1 aromatic heterocycles. The fourth-order valence-electron chi connectivity index (χ4n) is 2.70. The van der Waals surface area contributed by atoms with Crippen LogP contribution in [0.25, 0.3) is 0 Å². The Morgan fingerprint density at radius 1 is 1.16 bits per heavy atom. The van der Waals surface area contributed by atoms with Crippen LogP contribution in [0.2, 0.25) is 0 Å². The summed E-state index contributed by atoms with van der Waals surface area (Å²) in [5.74, 6) is -0.790. The molecule has 0 bridgehead atoms. The number of amides is 2. The molecule has 1 aliphatic carbocycles. The number of ether oxygens (including phenoxy) is 1. The van der Waals surface area contributed by atoms with E-state index in [-0.39, 0.29) is 24.5 Å². The van der Waals surface area contributed by atoms with Gasteiger partial charge in [-0.1, -0.05) is 13.8 Å². The lowest BCUT2D eigenvalue weighted by Crippen LogP contribution is -2.38. The number of anilines is 1. The van der Waals surface area contributed by atoms with Crippen LogP contribution in [0.4, 0.5) is 5.00 Å². The highest BCUT2D eigenvalue weighted by Gasteiger charge is 2.27. The summed E-state index contributed by atoms with van der Waals surface area (Å²) in [6.07, 6.45) is 3.80. The Morgan fingerprint density at radius 3 is 2.48 bits per heavy atom. The molecule has 2 amide bonds. The van der Waals surface area contributed by atoms with Crippen LogP contribution in [-0.2, 0) is 27.2 Å². The van der Waals surface area contributed by atoms with E-state index in [2.05, 4.69) is 10.6 Å². The number of hydrogen-bond donors (Lipinski definition) is 2. The first-order valence-electron chi connectivity index (χ1n) is 8.68. The number of aryl methyl sites for hydroxylation is 1. The predicted octanol–water partition coefficient (Wildman–Crippen LogP) is 2.90. The lowest BCUT2D eigenvalue weighted by atomic mass is 9.95. The average Bonchev–Trinajstić information content (AvgIpc) is 2.89. The molecule has 2 N–H and O–H groups in total. The van der Waals surface area contributed by atoms with Crippen LogP contribution < -0.4 is 10.6 Å². The van der Waals surface area contributed by atoms with Gasteiger partial charge in [0.25, 0.3) is 5.91 Å². The van der Waals surface area contributed by atoms with Crippen molar-refractivity contribution in [2.45, 2.75) is 59.4 Å². The molecule has 0 saturated carbocycles. The van der Waals surface area contributed by atoms with Gasteiger partial charge in [0.05, 0.1) is 5.56 Å². The fourth-order valence-corrected chi connectivity index (χ4v) is 4.02. The van der Waals surface area contributed by atoms with Crippen molar-refractivity contribution in [1.82, 2.24) is 5.32 Å². The van der Waals surface area contributed by atoms with Crippen molar-refractivity contribution in [3.8, 4) is 0 Å². The summed E-state index contributed by atoms with van der Waals surface area (Å²) in [6, 6.07) is 0.00931. The lowest BCUT2D eigenvalue weighted by molar-refractivity contribution is -0.125. The summed E-state index contributed by atoms with van der Waals surface area (Å²) in [5, 5.41) is 6.06. The van der Waals surface area contributed by atoms with Crippen molar-refractivity contribution in [1.29, 1.82) is 0 Å². The highest BCUT2D eigenvalue weighted by molar-refractivity contribution is 7.17. The van der Waals surface area contributed by atoms with E-state index >= 15 is 0 Å². The molecular formula is C18H26N2O4S. The second-order valence-electron chi connectivity index (χ2n) is 6.77. The maximum atomic E-state index is 12.6. The van der Waals surface area contributed by atoms with Gasteiger partial charge in [-0.25, -0.2) is 4.79 Å². The predicted molar refractivity (Wildman–Crippen MR) is 98.0 cm³/mol. The Hall–Kier alpha value is -1.89. The number of hydrogen-bond acceptors (Lipinski definition) is 5. The largest absolute Gasteiger partial charge is 0.452 e. The van der Waals surface area contributed by atoms with Gasteiger partial charge in [-0.3, -0.25) is 9.59 Å². The highest BCUT2D eigenvalue weighted by atomic mass is 32.1. The molecule has 0 aliphatic heterocycles. The molecule has 0 unspecified atom stereocenters. The molecule has 0 saturated heterocycles. The first-order valence-corrected chi connectivity index (χ1v) is 9.49. The third kappa shape index (κ3) is 5.04. The van der Waals surface area contributed by atoms with Gasteiger partial charge >= 0.3 is 5.97 Å². The van der Waals surface area contributed by atoms with Crippen LogP contribution >= 0.6 is 11.3 Å². The Morgan fingerprint density at radius 2 is 1.84 bits per heavy atom. The fraction of sp³-hybridized carbons (Fsp3) is 0.611. The Balaban J connectivity index is 2.09. The summed E-state index contributed by atoms with van der Waals surface area (Å²) >= 11 is 1.43. The highest BCUT2D eigenvalue weighted by Crippen LogP contribution is 2.38. The number of thiophene rings is 1. The summed E-state index contributed by atoms with van der Waals surface area (Å²) in [4.78, 5) is 37.0. The van der Waals surface area contributed by atoms with Gasteiger partial charge in [0, 0.05) is 17.8 Å². The normalized spacial score (nSPS) is 14.6. The zero-order valence-electron chi connectivity index (χ0n) is 15.2. The van der Waals surface area contributed by atoms with E-state index in [9.17, 15) is 14.4 Å². The zero-order chi connectivity index (χ0) is 18.6. The van der Waals surface area contributed by atoms with Gasteiger partial charge in [-0.05, 0) is 44.1 Å². The molecule has 1 aliphatic rings. The zero-order valence-corrected chi connectivity index (χ0v) is 16.0. The summed E-state index contributed by atoms with van der Waals surface area (Å²) in [6.45, 7) is 7.02. The number of carbonyl (C=O) groups is 3. The van der Waals surface area contributed by atoms with Crippen molar-refractivity contribution in [2.24, 2.45) is 5.92 Å². The Kier molecular flexibility index (Phi) is 6.58. The number of nitrogens with one attached hydrogen (secondary N) is 2. The van der Waals surface area contributed by atoms with Gasteiger partial charge in [0.2, 0.25) is 5.91 Å². The van der Waals surface area contributed by atoms with Crippen LogP contribution in [0.3, 0.4) is 0 Å².